The number of nitrogen functional groups attached to an aromatic ring is 1. The second kappa shape index (κ2) is 4.29. The van der Waals surface area contributed by atoms with Crippen LogP contribution in [0.2, 0.25) is 0 Å². The normalized spacial score (nSPS) is 11.8. The fourth-order valence-corrected chi connectivity index (χ4v) is 2.48. The number of benzene rings is 2. The molecule has 7 nitrogen and oxygen atoms in total. The van der Waals surface area contributed by atoms with Gasteiger partial charge < -0.3 is 5.73 Å². The highest BCUT2D eigenvalue weighted by Gasteiger charge is 2.16. The van der Waals surface area contributed by atoms with Crippen LogP contribution in [0.15, 0.2) is 47.4 Å². The van der Waals surface area contributed by atoms with Crippen molar-refractivity contribution in [3.63, 3.8) is 0 Å². The Balaban J connectivity index is 2.19. The van der Waals surface area contributed by atoms with E-state index in [0.717, 1.165) is 0 Å². The summed E-state index contributed by atoms with van der Waals surface area (Å²) in [5.74, 6) is 0. The van der Waals surface area contributed by atoms with Crippen LogP contribution in [0.4, 0.5) is 5.69 Å². The minimum absolute atomic E-state index is 0.0343. The van der Waals surface area contributed by atoms with Crippen LogP contribution < -0.4 is 5.73 Å². The molecule has 0 bridgehead atoms. The van der Waals surface area contributed by atoms with Gasteiger partial charge in [0.25, 0.3) is 10.1 Å². The molecule has 1 heterocycles. The van der Waals surface area contributed by atoms with Crippen molar-refractivity contribution in [2.75, 3.05) is 5.73 Å². The first kappa shape index (κ1) is 12.6. The Morgan fingerprint density at radius 2 is 1.65 bits per heavy atom. The largest absolute Gasteiger partial charge is 0.398 e. The summed E-state index contributed by atoms with van der Waals surface area (Å²) in [5.41, 5.74) is 7.25. The smallest absolute Gasteiger partial charge is 0.296 e. The van der Waals surface area contributed by atoms with Gasteiger partial charge >= 0.3 is 0 Å². The quantitative estimate of drug-likeness (QED) is 0.542. The Morgan fingerprint density at radius 1 is 1.05 bits per heavy atom. The van der Waals surface area contributed by atoms with Crippen LogP contribution in [0.25, 0.3) is 16.7 Å². The average Bonchev–Trinajstić information content (AvgIpc) is 2.81. The molecule has 3 N–H and O–H groups in total. The van der Waals surface area contributed by atoms with Gasteiger partial charge in [0.15, 0.2) is 0 Å². The fraction of sp³-hybridized carbons (Fsp3) is 0. The summed E-state index contributed by atoms with van der Waals surface area (Å²) < 4.78 is 31.6. The summed E-state index contributed by atoms with van der Waals surface area (Å²) in [4.78, 5) is 0.926. The van der Waals surface area contributed by atoms with E-state index in [2.05, 4.69) is 10.2 Å². The Morgan fingerprint density at radius 3 is 2.20 bits per heavy atom. The van der Waals surface area contributed by atoms with Crippen LogP contribution >= 0.6 is 0 Å². The van der Waals surface area contributed by atoms with Crippen LogP contribution in [0.1, 0.15) is 0 Å². The molecule has 0 saturated carbocycles. The van der Waals surface area contributed by atoms with E-state index in [9.17, 15) is 8.42 Å². The molecule has 0 saturated heterocycles. The van der Waals surface area contributed by atoms with Gasteiger partial charge in [0.1, 0.15) is 15.9 Å². The maximum atomic E-state index is 11.2. The van der Waals surface area contributed by atoms with Gasteiger partial charge in [-0.1, -0.05) is 12.1 Å². The molecule has 20 heavy (non-hydrogen) atoms. The molecule has 0 atom stereocenters. The van der Waals surface area contributed by atoms with Crippen molar-refractivity contribution in [2.45, 2.75) is 4.90 Å². The molecule has 0 aliphatic rings. The van der Waals surface area contributed by atoms with Crippen LogP contribution in [0.5, 0.6) is 0 Å². The van der Waals surface area contributed by atoms with Gasteiger partial charge in [-0.25, -0.2) is 0 Å². The standard InChI is InChI=1S/C12H10N4O3S/c13-9-6-5-8(7-12(9)20(17,18)19)16-14-10-3-1-2-4-11(10)15-16/h1-7H,13H2,(H,17,18,19). The van der Waals surface area contributed by atoms with Crippen molar-refractivity contribution in [1.82, 2.24) is 15.0 Å². The van der Waals surface area contributed by atoms with Crippen LogP contribution in [0.3, 0.4) is 0 Å². The van der Waals surface area contributed by atoms with E-state index in [1.807, 2.05) is 12.1 Å². The lowest BCUT2D eigenvalue weighted by molar-refractivity contribution is 0.483. The average molecular weight is 290 g/mol. The van der Waals surface area contributed by atoms with E-state index in [4.69, 9.17) is 10.3 Å². The van der Waals surface area contributed by atoms with E-state index in [1.165, 1.54) is 16.9 Å². The maximum Gasteiger partial charge on any atom is 0.296 e. The monoisotopic (exact) mass is 290 g/mol. The molecule has 0 aliphatic carbocycles. The third-order valence-corrected chi connectivity index (χ3v) is 3.70. The number of nitrogens with two attached hydrogens (primary N) is 1. The van der Waals surface area contributed by atoms with Gasteiger partial charge in [-0.3, -0.25) is 4.55 Å². The van der Waals surface area contributed by atoms with Crippen molar-refractivity contribution in [1.29, 1.82) is 0 Å². The van der Waals surface area contributed by atoms with Crippen molar-refractivity contribution < 1.29 is 13.0 Å². The van der Waals surface area contributed by atoms with Crippen molar-refractivity contribution in [3.05, 3.63) is 42.5 Å². The van der Waals surface area contributed by atoms with Crippen molar-refractivity contribution in [2.24, 2.45) is 0 Å². The number of anilines is 1. The number of aromatic nitrogens is 3. The number of fused-ring (bicyclic) bond motifs is 1. The second-order valence-electron chi connectivity index (χ2n) is 4.18. The van der Waals surface area contributed by atoms with Gasteiger partial charge in [-0.2, -0.15) is 13.2 Å². The molecule has 0 amide bonds. The SMILES string of the molecule is Nc1ccc(-n2nc3ccccc3n2)cc1S(=O)(=O)O. The number of nitrogens with zero attached hydrogens (tertiary/aromatic N) is 3. The summed E-state index contributed by atoms with van der Waals surface area (Å²) in [6, 6.07) is 11.4. The summed E-state index contributed by atoms with van der Waals surface area (Å²) in [6.07, 6.45) is 0. The molecule has 0 radical (unpaired) electrons. The van der Waals surface area contributed by atoms with E-state index in [0.29, 0.717) is 16.7 Å². The molecule has 102 valence electrons. The summed E-state index contributed by atoms with van der Waals surface area (Å²) >= 11 is 0. The van der Waals surface area contributed by atoms with Crippen LogP contribution in [-0.4, -0.2) is 28.0 Å². The first-order chi connectivity index (χ1) is 9.45. The molecule has 1 aromatic heterocycles. The van der Waals surface area contributed by atoms with E-state index >= 15 is 0 Å². The lowest BCUT2D eigenvalue weighted by Crippen LogP contribution is -2.06. The first-order valence-electron chi connectivity index (χ1n) is 5.64. The summed E-state index contributed by atoms with van der Waals surface area (Å²) in [6.45, 7) is 0. The molecular formula is C12H10N4O3S. The second-order valence-corrected chi connectivity index (χ2v) is 5.57. The third-order valence-electron chi connectivity index (χ3n) is 2.79. The van der Waals surface area contributed by atoms with Gasteiger partial charge in [-0.15, -0.1) is 10.2 Å². The van der Waals surface area contributed by atoms with E-state index in [1.54, 1.807) is 18.2 Å². The Labute approximate surface area is 114 Å². The van der Waals surface area contributed by atoms with E-state index in [-0.39, 0.29) is 10.6 Å². The first-order valence-corrected chi connectivity index (χ1v) is 7.08. The lowest BCUT2D eigenvalue weighted by atomic mass is 10.3. The molecule has 0 aliphatic heterocycles. The van der Waals surface area contributed by atoms with Crippen LogP contribution in [-0.2, 0) is 10.1 Å². The Kier molecular flexibility index (Phi) is 2.70. The summed E-state index contributed by atoms with van der Waals surface area (Å²) in [7, 11) is -4.39. The fourth-order valence-electron chi connectivity index (χ4n) is 1.85. The van der Waals surface area contributed by atoms with E-state index < -0.39 is 10.1 Å². The van der Waals surface area contributed by atoms with Crippen molar-refractivity contribution >= 4 is 26.8 Å². The molecule has 0 spiro atoms. The Bertz CT molecular complexity index is 869. The number of hydrogen-bond donors (Lipinski definition) is 2. The molecule has 2 aromatic carbocycles. The lowest BCUT2D eigenvalue weighted by Gasteiger charge is -2.05. The molecule has 8 heteroatoms. The minimum atomic E-state index is -4.39. The third kappa shape index (κ3) is 2.10. The molecule has 0 unspecified atom stereocenters. The number of hydrogen-bond acceptors (Lipinski definition) is 5. The zero-order valence-electron chi connectivity index (χ0n) is 10.1. The van der Waals surface area contributed by atoms with Gasteiger partial charge in [0.05, 0.1) is 11.4 Å². The minimum Gasteiger partial charge on any atom is -0.398 e. The Hall–Kier alpha value is -2.45. The molecule has 3 aromatic rings. The van der Waals surface area contributed by atoms with Gasteiger partial charge in [0, 0.05) is 0 Å². The molecule has 0 fully saturated rings. The van der Waals surface area contributed by atoms with Crippen LogP contribution in [0, 0.1) is 0 Å². The van der Waals surface area contributed by atoms with Gasteiger partial charge in [-0.05, 0) is 30.3 Å². The van der Waals surface area contributed by atoms with Gasteiger partial charge in [0.2, 0.25) is 0 Å². The highest BCUT2D eigenvalue weighted by Crippen LogP contribution is 2.21. The molecule has 3 rings (SSSR count). The van der Waals surface area contributed by atoms with Crippen molar-refractivity contribution in [3.8, 4) is 5.69 Å². The maximum absolute atomic E-state index is 11.2. The predicted octanol–water partition coefficient (Wildman–Crippen LogP) is 1.25. The topological polar surface area (TPSA) is 111 Å². The zero-order valence-corrected chi connectivity index (χ0v) is 10.9. The summed E-state index contributed by atoms with van der Waals surface area (Å²) in [5, 5.41) is 8.45. The highest BCUT2D eigenvalue weighted by molar-refractivity contribution is 7.86. The highest BCUT2D eigenvalue weighted by atomic mass is 32.2. The predicted molar refractivity (Wildman–Crippen MR) is 73.1 cm³/mol. The zero-order chi connectivity index (χ0) is 14.3. The number of rotatable bonds is 2. The molecular weight excluding hydrogens is 280 g/mol.